The molecule has 1 fully saturated rings. The largest absolute Gasteiger partial charge is 0.332 e. The van der Waals surface area contributed by atoms with Crippen molar-refractivity contribution in [2.45, 2.75) is 36.4 Å². The monoisotopic (exact) mass is 515 g/mol. The zero-order chi connectivity index (χ0) is 25.7. The van der Waals surface area contributed by atoms with Gasteiger partial charge >= 0.3 is 5.69 Å². The summed E-state index contributed by atoms with van der Waals surface area (Å²) in [6.45, 7) is -0.877. The molecule has 9 nitrogen and oxygen atoms in total. The van der Waals surface area contributed by atoms with Gasteiger partial charge in [-0.15, -0.1) is 0 Å². The minimum atomic E-state index is -4.11. The molecular formula is C24H23F2N5O4S. The highest BCUT2D eigenvalue weighted by Gasteiger charge is 2.46. The van der Waals surface area contributed by atoms with E-state index in [4.69, 9.17) is 0 Å². The van der Waals surface area contributed by atoms with Crippen molar-refractivity contribution >= 4 is 20.9 Å². The summed E-state index contributed by atoms with van der Waals surface area (Å²) >= 11 is 0. The van der Waals surface area contributed by atoms with Crippen LogP contribution in [-0.4, -0.2) is 39.5 Å². The molecule has 12 heteroatoms. The van der Waals surface area contributed by atoms with Gasteiger partial charge in [0, 0.05) is 18.8 Å². The van der Waals surface area contributed by atoms with E-state index in [1.807, 2.05) is 0 Å². The lowest BCUT2D eigenvalue weighted by molar-refractivity contribution is 0.393. The van der Waals surface area contributed by atoms with Crippen LogP contribution in [0.5, 0.6) is 0 Å². The Bertz CT molecular complexity index is 1690. The number of fused-ring (bicyclic) bond motifs is 1. The van der Waals surface area contributed by atoms with E-state index in [0.29, 0.717) is 24.0 Å². The summed E-state index contributed by atoms with van der Waals surface area (Å²) < 4.78 is 58.9. The summed E-state index contributed by atoms with van der Waals surface area (Å²) in [5.74, 6) is -0.429. The Morgan fingerprint density at radius 2 is 1.72 bits per heavy atom. The highest BCUT2D eigenvalue weighted by Crippen LogP contribution is 2.37. The number of nitrogens with one attached hydrogen (secondary N) is 1. The van der Waals surface area contributed by atoms with E-state index in [0.717, 1.165) is 4.57 Å². The van der Waals surface area contributed by atoms with Crippen molar-refractivity contribution in [1.82, 2.24) is 23.6 Å². The lowest BCUT2D eigenvalue weighted by Gasteiger charge is -2.16. The molecule has 1 saturated carbocycles. The highest BCUT2D eigenvalue weighted by molar-refractivity contribution is 7.89. The van der Waals surface area contributed by atoms with Crippen LogP contribution < -0.4 is 16.0 Å². The van der Waals surface area contributed by atoms with Crippen LogP contribution in [-0.2, 0) is 30.2 Å². The highest BCUT2D eigenvalue weighted by atomic mass is 32.2. The molecule has 1 aliphatic rings. The van der Waals surface area contributed by atoms with Crippen molar-refractivity contribution in [1.29, 1.82) is 0 Å². The first-order valence-electron chi connectivity index (χ1n) is 11.2. The molecular weight excluding hydrogens is 492 g/mol. The molecule has 0 spiro atoms. The third-order valence-corrected chi connectivity index (χ3v) is 7.90. The summed E-state index contributed by atoms with van der Waals surface area (Å²) in [5, 5.41) is 4.07. The Balaban J connectivity index is 1.67. The molecule has 0 unspecified atom stereocenters. The van der Waals surface area contributed by atoms with Crippen molar-refractivity contribution in [3.05, 3.63) is 92.6 Å². The first kappa shape index (κ1) is 24.1. The van der Waals surface area contributed by atoms with Crippen LogP contribution in [0, 0.1) is 5.82 Å². The number of benzene rings is 2. The number of alkyl halides is 1. The molecule has 0 bridgehead atoms. The Morgan fingerprint density at radius 3 is 2.33 bits per heavy atom. The maximum atomic E-state index is 13.5. The second-order valence-electron chi connectivity index (χ2n) is 9.11. The molecule has 4 aromatic rings. The van der Waals surface area contributed by atoms with Crippen LogP contribution in [0.3, 0.4) is 0 Å². The number of aryl methyl sites for hydroxylation is 1. The number of rotatable bonds is 8. The number of sulfonamides is 1. The third kappa shape index (κ3) is 4.49. The number of hydrogen-bond acceptors (Lipinski definition) is 5. The molecule has 188 valence electrons. The van der Waals surface area contributed by atoms with Gasteiger partial charge in [-0.1, -0.05) is 12.1 Å². The normalized spacial score (nSPS) is 14.9. The van der Waals surface area contributed by atoms with Gasteiger partial charge in [-0.05, 0) is 48.7 Å². The first-order valence-corrected chi connectivity index (χ1v) is 12.7. The van der Waals surface area contributed by atoms with Crippen LogP contribution in [0.25, 0.3) is 10.9 Å². The Kier molecular flexibility index (Phi) is 5.87. The predicted octanol–water partition coefficient (Wildman–Crippen LogP) is 1.91. The molecule has 0 atom stereocenters. The van der Waals surface area contributed by atoms with Gasteiger partial charge in [-0.25, -0.2) is 26.7 Å². The fraction of sp³-hybridized carbons (Fsp3) is 0.292. The average molecular weight is 516 g/mol. The molecule has 2 heterocycles. The van der Waals surface area contributed by atoms with Crippen LogP contribution in [0.4, 0.5) is 8.78 Å². The van der Waals surface area contributed by atoms with Gasteiger partial charge in [-0.3, -0.25) is 18.6 Å². The molecule has 0 radical (unpaired) electrons. The summed E-state index contributed by atoms with van der Waals surface area (Å²) in [6.07, 6.45) is 3.98. The van der Waals surface area contributed by atoms with E-state index >= 15 is 0 Å². The maximum absolute atomic E-state index is 13.5. The van der Waals surface area contributed by atoms with Crippen molar-refractivity contribution in [3.63, 3.8) is 0 Å². The quantitative estimate of drug-likeness (QED) is 0.386. The van der Waals surface area contributed by atoms with E-state index < -0.39 is 39.3 Å². The molecule has 1 N–H and O–H groups in total. The van der Waals surface area contributed by atoms with Crippen LogP contribution in [0.2, 0.25) is 0 Å². The number of aromatic nitrogens is 4. The summed E-state index contributed by atoms with van der Waals surface area (Å²) in [7, 11) is -2.41. The summed E-state index contributed by atoms with van der Waals surface area (Å²) in [6, 6.07) is 9.46. The van der Waals surface area contributed by atoms with E-state index in [9.17, 15) is 26.8 Å². The first-order chi connectivity index (χ1) is 17.1. The van der Waals surface area contributed by atoms with Crippen molar-refractivity contribution in [2.24, 2.45) is 7.05 Å². The Morgan fingerprint density at radius 1 is 1.03 bits per heavy atom. The van der Waals surface area contributed by atoms with Gasteiger partial charge < -0.3 is 0 Å². The third-order valence-electron chi connectivity index (χ3n) is 6.32. The molecule has 36 heavy (non-hydrogen) atoms. The average Bonchev–Trinajstić information content (AvgIpc) is 3.50. The SMILES string of the molecule is Cn1cc(Cn2c(=O)c3cc(S(=O)(=O)NC4(CF)CC4)ccc3n(Cc3ccc(F)cc3)c2=O)cn1. The lowest BCUT2D eigenvalue weighted by Crippen LogP contribution is -2.41. The molecule has 1 aliphatic carbocycles. The number of nitrogens with zero attached hydrogens (tertiary/aromatic N) is 4. The standard InChI is InChI=1S/C24H23F2N5O4S/c1-29-12-17(11-27-29)14-31-22(32)20-10-19(36(34,35)28-24(15-25)8-9-24)6-7-21(20)30(23(31)33)13-16-2-4-18(26)5-3-16/h2-7,10-12,28H,8-9,13-15H2,1H3. The summed E-state index contributed by atoms with van der Waals surface area (Å²) in [4.78, 5) is 26.7. The van der Waals surface area contributed by atoms with Crippen LogP contribution >= 0.6 is 0 Å². The second kappa shape index (κ2) is 8.79. The second-order valence-corrected chi connectivity index (χ2v) is 10.8. The lowest BCUT2D eigenvalue weighted by atomic mass is 10.2. The van der Waals surface area contributed by atoms with Crippen LogP contribution in [0.1, 0.15) is 24.0 Å². The topological polar surface area (TPSA) is 108 Å². The minimum absolute atomic E-state index is 0.00794. The minimum Gasteiger partial charge on any atom is -0.289 e. The van der Waals surface area contributed by atoms with Gasteiger partial charge in [0.05, 0.1) is 40.6 Å². The number of hydrogen-bond donors (Lipinski definition) is 1. The Labute approximate surface area is 204 Å². The Hall–Kier alpha value is -3.64. The van der Waals surface area contributed by atoms with Crippen molar-refractivity contribution < 1.29 is 17.2 Å². The molecule has 2 aromatic heterocycles. The van der Waals surface area contributed by atoms with Crippen molar-refractivity contribution in [3.8, 4) is 0 Å². The van der Waals surface area contributed by atoms with E-state index in [1.165, 1.54) is 57.9 Å². The maximum Gasteiger partial charge on any atom is 0.332 e. The predicted molar refractivity (Wildman–Crippen MR) is 129 cm³/mol. The molecule has 0 aliphatic heterocycles. The van der Waals surface area contributed by atoms with E-state index in [2.05, 4.69) is 9.82 Å². The molecule has 5 rings (SSSR count). The molecule has 2 aromatic carbocycles. The fourth-order valence-electron chi connectivity index (χ4n) is 4.13. The van der Waals surface area contributed by atoms with Crippen molar-refractivity contribution in [2.75, 3.05) is 6.67 Å². The van der Waals surface area contributed by atoms with Gasteiger partial charge in [-0.2, -0.15) is 5.10 Å². The zero-order valence-corrected chi connectivity index (χ0v) is 20.1. The van der Waals surface area contributed by atoms with Gasteiger partial charge in [0.25, 0.3) is 5.56 Å². The molecule has 0 amide bonds. The van der Waals surface area contributed by atoms with Gasteiger partial charge in [0.15, 0.2) is 0 Å². The van der Waals surface area contributed by atoms with E-state index in [1.54, 1.807) is 13.2 Å². The van der Waals surface area contributed by atoms with Gasteiger partial charge in [0.1, 0.15) is 12.5 Å². The van der Waals surface area contributed by atoms with Crippen LogP contribution in [0.15, 0.2) is 69.3 Å². The number of halogens is 2. The van der Waals surface area contributed by atoms with E-state index in [-0.39, 0.29) is 28.9 Å². The smallest absolute Gasteiger partial charge is 0.289 e. The zero-order valence-electron chi connectivity index (χ0n) is 19.3. The molecule has 0 saturated heterocycles. The summed E-state index contributed by atoms with van der Waals surface area (Å²) in [5.41, 5.74) is -0.934. The fourth-order valence-corrected chi connectivity index (χ4v) is 5.60. The van der Waals surface area contributed by atoms with Gasteiger partial charge in [0.2, 0.25) is 10.0 Å².